The van der Waals surface area contributed by atoms with Gasteiger partial charge < -0.3 is 15.0 Å². The van der Waals surface area contributed by atoms with Crippen LogP contribution in [0.1, 0.15) is 90.9 Å². The van der Waals surface area contributed by atoms with E-state index in [-0.39, 0.29) is 36.1 Å². The summed E-state index contributed by atoms with van der Waals surface area (Å²) in [4.78, 5) is 30.1. The lowest BCUT2D eigenvalue weighted by Crippen LogP contribution is -2.54. The molecule has 196 valence electrons. The van der Waals surface area contributed by atoms with Gasteiger partial charge in [0.2, 0.25) is 11.8 Å². The third-order valence-corrected chi connectivity index (χ3v) is 9.41. The third kappa shape index (κ3) is 6.20. The monoisotopic (exact) mass is 486 g/mol. The van der Waals surface area contributed by atoms with Crippen molar-refractivity contribution in [2.45, 2.75) is 103 Å². The Morgan fingerprint density at radius 1 is 1.00 bits per heavy atom. The number of nitrogens with zero attached hydrogens (tertiary/aromatic N) is 3. The second-order valence-corrected chi connectivity index (χ2v) is 12.2. The van der Waals surface area contributed by atoms with E-state index in [4.69, 9.17) is 4.74 Å². The van der Waals surface area contributed by atoms with Gasteiger partial charge in [0.15, 0.2) is 0 Å². The zero-order valence-electron chi connectivity index (χ0n) is 22.0. The Bertz CT molecular complexity index is 782. The van der Waals surface area contributed by atoms with Gasteiger partial charge in [-0.25, -0.2) is 0 Å². The van der Waals surface area contributed by atoms with Crippen LogP contribution in [-0.4, -0.2) is 73.1 Å². The van der Waals surface area contributed by atoms with E-state index in [1.165, 1.54) is 44.9 Å². The van der Waals surface area contributed by atoms with E-state index in [9.17, 15) is 14.9 Å². The van der Waals surface area contributed by atoms with Crippen LogP contribution in [0.5, 0.6) is 0 Å². The van der Waals surface area contributed by atoms with Crippen molar-refractivity contribution in [2.24, 2.45) is 16.7 Å². The fourth-order valence-corrected chi connectivity index (χ4v) is 7.31. The molecular formula is C28H46N4O3. The molecule has 35 heavy (non-hydrogen) atoms. The smallest absolute Gasteiger partial charge is 0.223 e. The normalized spacial score (nSPS) is 31.0. The van der Waals surface area contributed by atoms with Crippen LogP contribution in [-0.2, 0) is 14.3 Å². The number of carbonyl (C=O) groups excluding carboxylic acids is 2. The van der Waals surface area contributed by atoms with Crippen LogP contribution in [0.25, 0.3) is 0 Å². The van der Waals surface area contributed by atoms with Crippen LogP contribution in [0, 0.1) is 28.1 Å². The minimum Gasteiger partial charge on any atom is -0.378 e. The maximum atomic E-state index is 13.2. The Labute approximate surface area is 211 Å². The zero-order chi connectivity index (χ0) is 24.9. The minimum absolute atomic E-state index is 0.0271. The number of morpholine rings is 1. The first-order valence-corrected chi connectivity index (χ1v) is 14.1. The molecule has 0 aromatic carbocycles. The van der Waals surface area contributed by atoms with Crippen LogP contribution >= 0.6 is 0 Å². The van der Waals surface area contributed by atoms with Crippen molar-refractivity contribution < 1.29 is 14.3 Å². The maximum absolute atomic E-state index is 13.2. The topological polar surface area (TPSA) is 85.7 Å². The standard InChI is InChI=1S/C28H46N4O3/c1-27(2)13-7-6-10-23(27)32-15-14-28(20-29,21-32)26(22-8-4-3-5-9-22)30-24(33)11-12-25(34)31-16-18-35-19-17-31/h22-23,26H,3-19,21H2,1-2H3,(H,30,33)/t23-,26+,28-/m0/s1. The molecule has 0 radical (unpaired) electrons. The molecule has 2 aliphatic heterocycles. The molecule has 0 aromatic rings. The molecule has 0 unspecified atom stereocenters. The number of hydrogen-bond donors (Lipinski definition) is 1. The molecule has 2 aliphatic carbocycles. The highest BCUT2D eigenvalue weighted by Crippen LogP contribution is 2.46. The van der Waals surface area contributed by atoms with Crippen molar-refractivity contribution >= 4 is 11.8 Å². The molecule has 2 saturated carbocycles. The fourth-order valence-electron chi connectivity index (χ4n) is 7.31. The molecular weight excluding hydrogens is 440 g/mol. The first kappa shape index (κ1) is 26.4. The van der Waals surface area contributed by atoms with E-state index in [0.29, 0.717) is 38.3 Å². The quantitative estimate of drug-likeness (QED) is 0.590. The number of rotatable bonds is 7. The number of nitrogens with one attached hydrogen (secondary N) is 1. The highest BCUT2D eigenvalue weighted by Gasteiger charge is 2.51. The summed E-state index contributed by atoms with van der Waals surface area (Å²) >= 11 is 0. The molecule has 4 aliphatic rings. The van der Waals surface area contributed by atoms with Crippen molar-refractivity contribution in [3.8, 4) is 6.07 Å². The Morgan fingerprint density at radius 2 is 1.71 bits per heavy atom. The maximum Gasteiger partial charge on any atom is 0.223 e. The fraction of sp³-hybridized carbons (Fsp3) is 0.893. The van der Waals surface area contributed by atoms with E-state index in [2.05, 4.69) is 30.1 Å². The van der Waals surface area contributed by atoms with Crippen LogP contribution in [0.4, 0.5) is 0 Å². The molecule has 4 fully saturated rings. The number of carbonyl (C=O) groups is 2. The van der Waals surface area contributed by atoms with Gasteiger partial charge in [-0.3, -0.25) is 14.5 Å². The Balaban J connectivity index is 1.43. The molecule has 2 heterocycles. The molecule has 0 spiro atoms. The van der Waals surface area contributed by atoms with Gasteiger partial charge in [-0.15, -0.1) is 0 Å². The SMILES string of the molecule is CC1(C)CCCC[C@@H]1N1CC[C@@](C#N)([C@H](NC(=O)CCC(=O)N2CCOCC2)C2CCCCC2)C1. The Kier molecular flexibility index (Phi) is 8.76. The lowest BCUT2D eigenvalue weighted by atomic mass is 9.69. The molecule has 4 rings (SSSR count). The average molecular weight is 487 g/mol. The summed E-state index contributed by atoms with van der Waals surface area (Å²) in [7, 11) is 0. The number of nitriles is 1. The number of amides is 2. The van der Waals surface area contributed by atoms with Gasteiger partial charge in [0.1, 0.15) is 0 Å². The highest BCUT2D eigenvalue weighted by atomic mass is 16.5. The van der Waals surface area contributed by atoms with Gasteiger partial charge in [0.05, 0.1) is 30.7 Å². The number of ether oxygens (including phenoxy) is 1. The molecule has 2 saturated heterocycles. The molecule has 7 heteroatoms. The van der Waals surface area contributed by atoms with E-state index in [1.807, 2.05) is 0 Å². The number of hydrogen-bond acceptors (Lipinski definition) is 5. The van der Waals surface area contributed by atoms with Gasteiger partial charge in [-0.1, -0.05) is 46.0 Å². The molecule has 0 bridgehead atoms. The van der Waals surface area contributed by atoms with E-state index >= 15 is 0 Å². The van der Waals surface area contributed by atoms with Crippen molar-refractivity contribution in [1.82, 2.24) is 15.1 Å². The average Bonchev–Trinajstić information content (AvgIpc) is 3.31. The van der Waals surface area contributed by atoms with Crippen molar-refractivity contribution in [3.05, 3.63) is 0 Å². The highest BCUT2D eigenvalue weighted by molar-refractivity contribution is 5.84. The van der Waals surface area contributed by atoms with Crippen molar-refractivity contribution in [1.29, 1.82) is 5.26 Å². The summed E-state index contributed by atoms with van der Waals surface area (Å²) in [6.45, 7) is 8.82. The largest absolute Gasteiger partial charge is 0.378 e. The predicted molar refractivity (Wildman–Crippen MR) is 135 cm³/mol. The summed E-state index contributed by atoms with van der Waals surface area (Å²) < 4.78 is 5.33. The second-order valence-electron chi connectivity index (χ2n) is 12.2. The summed E-state index contributed by atoms with van der Waals surface area (Å²) in [6, 6.07) is 3.13. The molecule has 2 amide bonds. The van der Waals surface area contributed by atoms with Crippen molar-refractivity contribution in [3.63, 3.8) is 0 Å². The Hall–Kier alpha value is -1.65. The van der Waals surface area contributed by atoms with Gasteiger partial charge in [-0.05, 0) is 43.4 Å². The van der Waals surface area contributed by atoms with Crippen molar-refractivity contribution in [2.75, 3.05) is 39.4 Å². The number of likely N-dealkylation sites (tertiary alicyclic amines) is 1. The van der Waals surface area contributed by atoms with Crippen LogP contribution < -0.4 is 5.32 Å². The third-order valence-electron chi connectivity index (χ3n) is 9.41. The van der Waals surface area contributed by atoms with Crippen LogP contribution in [0.2, 0.25) is 0 Å². The van der Waals surface area contributed by atoms with E-state index in [1.54, 1.807) is 4.90 Å². The van der Waals surface area contributed by atoms with E-state index in [0.717, 1.165) is 32.4 Å². The lowest BCUT2D eigenvalue weighted by Gasteiger charge is -2.45. The summed E-state index contributed by atoms with van der Waals surface area (Å²) in [5.74, 6) is 0.300. The van der Waals surface area contributed by atoms with Crippen LogP contribution in [0.3, 0.4) is 0 Å². The molecule has 3 atom stereocenters. The van der Waals surface area contributed by atoms with Gasteiger partial charge in [0.25, 0.3) is 0 Å². The van der Waals surface area contributed by atoms with Gasteiger partial charge >= 0.3 is 0 Å². The molecule has 7 nitrogen and oxygen atoms in total. The van der Waals surface area contributed by atoms with Crippen LogP contribution in [0.15, 0.2) is 0 Å². The molecule has 0 aromatic heterocycles. The summed E-state index contributed by atoms with van der Waals surface area (Å²) in [5, 5.41) is 13.9. The summed E-state index contributed by atoms with van der Waals surface area (Å²) in [6.07, 6.45) is 12.0. The lowest BCUT2D eigenvalue weighted by molar-refractivity contribution is -0.137. The minimum atomic E-state index is -0.542. The molecule has 1 N–H and O–H groups in total. The zero-order valence-corrected chi connectivity index (χ0v) is 22.0. The second kappa shape index (κ2) is 11.6. The van der Waals surface area contributed by atoms with E-state index < -0.39 is 5.41 Å². The first-order chi connectivity index (χ1) is 16.8. The van der Waals surface area contributed by atoms with Gasteiger partial charge in [0, 0.05) is 45.1 Å². The Morgan fingerprint density at radius 3 is 2.40 bits per heavy atom. The predicted octanol–water partition coefficient (Wildman–Crippen LogP) is 3.87. The first-order valence-electron chi connectivity index (χ1n) is 14.1. The van der Waals surface area contributed by atoms with Gasteiger partial charge in [-0.2, -0.15) is 5.26 Å². The summed E-state index contributed by atoms with van der Waals surface area (Å²) in [5.41, 5.74) is -0.271.